The number of hydrogen-bond acceptors (Lipinski definition) is 2. The molecule has 0 aliphatic carbocycles. The summed E-state index contributed by atoms with van der Waals surface area (Å²) in [7, 11) is 0. The van der Waals surface area contributed by atoms with Gasteiger partial charge in [0.25, 0.3) is 0 Å². The van der Waals surface area contributed by atoms with Gasteiger partial charge in [-0.3, -0.25) is 0 Å². The van der Waals surface area contributed by atoms with Crippen molar-refractivity contribution in [2.75, 3.05) is 6.54 Å². The second kappa shape index (κ2) is 5.85. The fourth-order valence-corrected chi connectivity index (χ4v) is 2.72. The van der Waals surface area contributed by atoms with Crippen LogP contribution in [0.3, 0.4) is 0 Å². The third-order valence-corrected chi connectivity index (χ3v) is 3.73. The minimum atomic E-state index is -0.420. The summed E-state index contributed by atoms with van der Waals surface area (Å²) in [6.45, 7) is 3.34. The predicted molar refractivity (Wildman–Crippen MR) is 71.2 cm³/mol. The number of piperidine rings is 1. The van der Waals surface area contributed by atoms with Crippen LogP contribution in [0.15, 0.2) is 24.3 Å². The van der Waals surface area contributed by atoms with Gasteiger partial charge < -0.3 is 10.4 Å². The van der Waals surface area contributed by atoms with Crippen LogP contribution >= 0.6 is 11.6 Å². The molecule has 2 N–H and O–H groups in total. The average Bonchev–Trinajstić information content (AvgIpc) is 2.29. The lowest BCUT2D eigenvalue weighted by molar-refractivity contribution is 0.138. The molecule has 0 aromatic heterocycles. The maximum Gasteiger partial charge on any atom is 0.0805 e. The van der Waals surface area contributed by atoms with Crippen molar-refractivity contribution in [2.24, 2.45) is 5.92 Å². The number of halogens is 1. The van der Waals surface area contributed by atoms with Gasteiger partial charge in [-0.1, -0.05) is 30.7 Å². The number of aliphatic hydroxyl groups excluding tert-OH is 1. The van der Waals surface area contributed by atoms with E-state index in [1.165, 1.54) is 6.42 Å². The van der Waals surface area contributed by atoms with Gasteiger partial charge in [0, 0.05) is 11.1 Å². The fourth-order valence-electron chi connectivity index (χ4n) is 2.52. The van der Waals surface area contributed by atoms with Gasteiger partial charge >= 0.3 is 0 Å². The Morgan fingerprint density at radius 2 is 2.35 bits per heavy atom. The zero-order chi connectivity index (χ0) is 12.3. The van der Waals surface area contributed by atoms with E-state index in [4.69, 9.17) is 11.6 Å². The Morgan fingerprint density at radius 1 is 1.53 bits per heavy atom. The molecule has 0 bridgehead atoms. The lowest BCUT2D eigenvalue weighted by atomic mass is 9.90. The number of aliphatic hydroxyl groups is 1. The van der Waals surface area contributed by atoms with E-state index in [0.717, 1.165) is 30.9 Å². The van der Waals surface area contributed by atoms with Crippen LogP contribution in [0.25, 0.3) is 0 Å². The molecule has 1 heterocycles. The minimum Gasteiger partial charge on any atom is -0.388 e. The number of nitrogens with one attached hydrogen (secondary N) is 1. The standard InChI is InChI=1S/C14H20ClNO/c1-10-5-6-16-13(7-10)9-14(17)11-3-2-4-12(15)8-11/h2-4,8,10,13-14,16-17H,5-7,9H2,1H3. The van der Waals surface area contributed by atoms with Gasteiger partial charge in [0.2, 0.25) is 0 Å². The van der Waals surface area contributed by atoms with Crippen molar-refractivity contribution >= 4 is 11.6 Å². The van der Waals surface area contributed by atoms with Crippen molar-refractivity contribution < 1.29 is 5.11 Å². The Kier molecular flexibility index (Phi) is 4.43. The van der Waals surface area contributed by atoms with Gasteiger partial charge in [0.1, 0.15) is 0 Å². The Hall–Kier alpha value is -0.570. The molecule has 1 aromatic rings. The number of rotatable bonds is 3. The smallest absolute Gasteiger partial charge is 0.0805 e. The summed E-state index contributed by atoms with van der Waals surface area (Å²) in [5, 5.41) is 14.3. The summed E-state index contributed by atoms with van der Waals surface area (Å²) >= 11 is 5.93. The van der Waals surface area contributed by atoms with Crippen molar-refractivity contribution in [3.05, 3.63) is 34.9 Å². The Morgan fingerprint density at radius 3 is 3.06 bits per heavy atom. The number of benzene rings is 1. The van der Waals surface area contributed by atoms with E-state index in [-0.39, 0.29) is 0 Å². The molecule has 1 aromatic carbocycles. The van der Waals surface area contributed by atoms with Crippen molar-refractivity contribution in [1.29, 1.82) is 0 Å². The molecule has 3 heteroatoms. The van der Waals surface area contributed by atoms with E-state index >= 15 is 0 Å². The first kappa shape index (κ1) is 12.9. The van der Waals surface area contributed by atoms with E-state index in [2.05, 4.69) is 12.2 Å². The third-order valence-electron chi connectivity index (χ3n) is 3.50. The van der Waals surface area contributed by atoms with Crippen molar-refractivity contribution in [1.82, 2.24) is 5.32 Å². The summed E-state index contributed by atoms with van der Waals surface area (Å²) in [5.74, 6) is 0.757. The largest absolute Gasteiger partial charge is 0.388 e. The second-order valence-electron chi connectivity index (χ2n) is 5.09. The maximum absolute atomic E-state index is 10.2. The van der Waals surface area contributed by atoms with Gasteiger partial charge in [-0.25, -0.2) is 0 Å². The lowest BCUT2D eigenvalue weighted by Crippen LogP contribution is -2.38. The quantitative estimate of drug-likeness (QED) is 0.867. The van der Waals surface area contributed by atoms with Crippen LogP contribution in [0, 0.1) is 5.92 Å². The summed E-state index contributed by atoms with van der Waals surface area (Å²) in [5.41, 5.74) is 0.914. The molecule has 1 fully saturated rings. The molecule has 0 spiro atoms. The first-order valence-corrected chi connectivity index (χ1v) is 6.70. The molecule has 94 valence electrons. The Bertz CT molecular complexity index is 369. The van der Waals surface area contributed by atoms with E-state index in [0.29, 0.717) is 11.1 Å². The highest BCUT2D eigenvalue weighted by molar-refractivity contribution is 6.30. The molecule has 1 aliphatic rings. The van der Waals surface area contributed by atoms with Crippen LogP contribution in [0.4, 0.5) is 0 Å². The maximum atomic E-state index is 10.2. The monoisotopic (exact) mass is 253 g/mol. The molecule has 17 heavy (non-hydrogen) atoms. The Balaban J connectivity index is 1.94. The highest BCUT2D eigenvalue weighted by atomic mass is 35.5. The predicted octanol–water partition coefficient (Wildman–Crippen LogP) is 3.15. The van der Waals surface area contributed by atoms with Crippen LogP contribution in [-0.4, -0.2) is 17.7 Å². The lowest BCUT2D eigenvalue weighted by Gasteiger charge is -2.29. The molecule has 3 atom stereocenters. The molecular formula is C14H20ClNO. The Labute approximate surface area is 108 Å². The fraction of sp³-hybridized carbons (Fsp3) is 0.571. The summed E-state index contributed by atoms with van der Waals surface area (Å²) < 4.78 is 0. The van der Waals surface area contributed by atoms with Gasteiger partial charge in [-0.05, 0) is 49.4 Å². The first-order chi connectivity index (χ1) is 8.15. The molecule has 0 radical (unpaired) electrons. The molecule has 3 unspecified atom stereocenters. The zero-order valence-corrected chi connectivity index (χ0v) is 11.0. The molecule has 2 rings (SSSR count). The van der Waals surface area contributed by atoms with Crippen molar-refractivity contribution in [3.8, 4) is 0 Å². The van der Waals surface area contributed by atoms with Crippen LogP contribution in [0.1, 0.15) is 37.9 Å². The van der Waals surface area contributed by atoms with E-state index < -0.39 is 6.10 Å². The molecule has 0 amide bonds. The highest BCUT2D eigenvalue weighted by Gasteiger charge is 2.21. The van der Waals surface area contributed by atoms with E-state index in [1.54, 1.807) is 0 Å². The molecule has 1 saturated heterocycles. The SMILES string of the molecule is CC1CCNC(CC(O)c2cccc(Cl)c2)C1. The summed E-state index contributed by atoms with van der Waals surface area (Å²) in [6.07, 6.45) is 2.74. The van der Waals surface area contributed by atoms with E-state index in [9.17, 15) is 5.11 Å². The number of hydrogen-bond donors (Lipinski definition) is 2. The topological polar surface area (TPSA) is 32.3 Å². The normalized spacial score (nSPS) is 26.8. The summed E-state index contributed by atoms with van der Waals surface area (Å²) in [6, 6.07) is 7.92. The highest BCUT2D eigenvalue weighted by Crippen LogP contribution is 2.25. The molecule has 0 saturated carbocycles. The third kappa shape index (κ3) is 3.70. The zero-order valence-electron chi connectivity index (χ0n) is 10.2. The average molecular weight is 254 g/mol. The first-order valence-electron chi connectivity index (χ1n) is 6.32. The van der Waals surface area contributed by atoms with Crippen molar-refractivity contribution in [3.63, 3.8) is 0 Å². The van der Waals surface area contributed by atoms with Crippen molar-refractivity contribution in [2.45, 2.75) is 38.3 Å². The van der Waals surface area contributed by atoms with Gasteiger partial charge in [0.15, 0.2) is 0 Å². The van der Waals surface area contributed by atoms with Crippen LogP contribution in [0.5, 0.6) is 0 Å². The van der Waals surface area contributed by atoms with Gasteiger partial charge in [-0.2, -0.15) is 0 Å². The second-order valence-corrected chi connectivity index (χ2v) is 5.52. The summed E-state index contributed by atoms with van der Waals surface area (Å²) in [4.78, 5) is 0. The van der Waals surface area contributed by atoms with Gasteiger partial charge in [-0.15, -0.1) is 0 Å². The van der Waals surface area contributed by atoms with Crippen LogP contribution < -0.4 is 5.32 Å². The minimum absolute atomic E-state index is 0.420. The van der Waals surface area contributed by atoms with Crippen LogP contribution in [-0.2, 0) is 0 Å². The molecular weight excluding hydrogens is 234 g/mol. The molecule has 2 nitrogen and oxygen atoms in total. The van der Waals surface area contributed by atoms with Gasteiger partial charge in [0.05, 0.1) is 6.10 Å². The molecule has 1 aliphatic heterocycles. The van der Waals surface area contributed by atoms with Crippen LogP contribution in [0.2, 0.25) is 5.02 Å². The van der Waals surface area contributed by atoms with E-state index in [1.807, 2.05) is 24.3 Å².